The Hall–Kier alpha value is -3.00. The predicted octanol–water partition coefficient (Wildman–Crippen LogP) is 4.36. The fourth-order valence-electron chi connectivity index (χ4n) is 3.01. The molecular weight excluding hydrogens is 380 g/mol. The molecule has 0 bridgehead atoms. The van der Waals surface area contributed by atoms with Gasteiger partial charge in [-0.1, -0.05) is 0 Å². The first-order valence-electron chi connectivity index (χ1n) is 8.94. The van der Waals surface area contributed by atoms with E-state index in [0.29, 0.717) is 16.1 Å². The molecule has 28 heavy (non-hydrogen) atoms. The molecule has 7 nitrogen and oxygen atoms in total. The Kier molecular flexibility index (Phi) is 5.89. The van der Waals surface area contributed by atoms with Gasteiger partial charge in [0.2, 0.25) is 5.91 Å². The van der Waals surface area contributed by atoms with Gasteiger partial charge in [0.25, 0.3) is 5.69 Å². The Morgan fingerprint density at radius 2 is 1.96 bits per heavy atom. The van der Waals surface area contributed by atoms with Crippen molar-refractivity contribution in [1.29, 1.82) is 0 Å². The summed E-state index contributed by atoms with van der Waals surface area (Å²) in [6.45, 7) is 3.57. The van der Waals surface area contributed by atoms with E-state index in [1.54, 1.807) is 32.1 Å². The summed E-state index contributed by atoms with van der Waals surface area (Å²) in [4.78, 5) is 36.2. The average molecular weight is 400 g/mol. The molecule has 3 rings (SSSR count). The van der Waals surface area contributed by atoms with Crippen LogP contribution in [0.3, 0.4) is 0 Å². The van der Waals surface area contributed by atoms with Crippen molar-refractivity contribution in [2.45, 2.75) is 39.2 Å². The quantitative estimate of drug-likeness (QED) is 0.336. The van der Waals surface area contributed by atoms with E-state index in [9.17, 15) is 19.7 Å². The number of aryl methyl sites for hydroxylation is 1. The van der Waals surface area contributed by atoms with Gasteiger partial charge in [0.05, 0.1) is 16.6 Å². The summed E-state index contributed by atoms with van der Waals surface area (Å²) < 4.78 is 5.35. The molecule has 1 aliphatic carbocycles. The fourth-order valence-corrected chi connectivity index (χ4v) is 4.29. The van der Waals surface area contributed by atoms with E-state index in [1.807, 2.05) is 0 Å². The van der Waals surface area contributed by atoms with Gasteiger partial charge in [-0.3, -0.25) is 14.9 Å². The molecule has 1 N–H and O–H groups in total. The zero-order chi connectivity index (χ0) is 20.3. The summed E-state index contributed by atoms with van der Waals surface area (Å²) in [7, 11) is 0. The highest BCUT2D eigenvalue weighted by molar-refractivity contribution is 7.17. The van der Waals surface area contributed by atoms with Crippen LogP contribution in [0.1, 0.15) is 46.6 Å². The number of benzene rings is 1. The second kappa shape index (κ2) is 8.35. The number of rotatable bonds is 6. The first-order valence-corrected chi connectivity index (χ1v) is 9.76. The van der Waals surface area contributed by atoms with Gasteiger partial charge in [-0.15, -0.1) is 11.3 Å². The summed E-state index contributed by atoms with van der Waals surface area (Å²) in [6, 6.07) is 5.88. The van der Waals surface area contributed by atoms with E-state index in [0.717, 1.165) is 29.7 Å². The molecule has 146 valence electrons. The van der Waals surface area contributed by atoms with Gasteiger partial charge in [-0.25, -0.2) is 4.79 Å². The number of fused-ring (bicyclic) bond motifs is 1. The Labute approximate surface area is 166 Å². The number of esters is 1. The van der Waals surface area contributed by atoms with Gasteiger partial charge in [-0.2, -0.15) is 0 Å². The number of nitro groups is 1. The number of anilines is 1. The molecule has 0 fully saturated rings. The first kappa shape index (κ1) is 19.8. The number of non-ortho nitro benzene ring substituents is 1. The van der Waals surface area contributed by atoms with Crippen LogP contribution in [0, 0.1) is 10.1 Å². The summed E-state index contributed by atoms with van der Waals surface area (Å²) in [6.07, 6.45) is 5.36. The van der Waals surface area contributed by atoms with Crippen molar-refractivity contribution in [2.24, 2.45) is 0 Å². The molecule has 0 radical (unpaired) electrons. The van der Waals surface area contributed by atoms with Crippen LogP contribution in [-0.2, 0) is 22.4 Å². The number of ether oxygens (including phenoxy) is 1. The van der Waals surface area contributed by atoms with E-state index in [1.165, 1.54) is 29.5 Å². The molecule has 1 heterocycles. The standard InChI is InChI=1S/C20H20N2O5S/c1-12(2)27-20(24)18-15-4-3-5-16(15)28-19(18)21-17(23)11-8-13-6-9-14(10-7-13)22(25)26/h6-12H,3-5H2,1-2H3,(H,21,23). The van der Waals surface area contributed by atoms with E-state index >= 15 is 0 Å². The molecular formula is C20H20N2O5S. The molecule has 1 aromatic heterocycles. The number of hydrogen-bond donors (Lipinski definition) is 1. The third-order valence-corrected chi connectivity index (χ3v) is 5.44. The number of carbonyl (C=O) groups is 2. The molecule has 0 atom stereocenters. The lowest BCUT2D eigenvalue weighted by atomic mass is 10.1. The third kappa shape index (κ3) is 4.45. The average Bonchev–Trinajstić information content (AvgIpc) is 3.20. The van der Waals surface area contributed by atoms with Crippen LogP contribution in [0.2, 0.25) is 0 Å². The van der Waals surface area contributed by atoms with Crippen molar-refractivity contribution in [2.75, 3.05) is 5.32 Å². The van der Waals surface area contributed by atoms with Crippen LogP contribution < -0.4 is 5.32 Å². The minimum atomic E-state index is -0.478. The van der Waals surface area contributed by atoms with Crippen LogP contribution in [0.5, 0.6) is 0 Å². The van der Waals surface area contributed by atoms with Crippen molar-refractivity contribution >= 4 is 40.0 Å². The zero-order valence-corrected chi connectivity index (χ0v) is 16.4. The molecule has 0 aliphatic heterocycles. The Morgan fingerprint density at radius 3 is 2.61 bits per heavy atom. The fraction of sp³-hybridized carbons (Fsp3) is 0.300. The maximum absolute atomic E-state index is 12.5. The monoisotopic (exact) mass is 400 g/mol. The van der Waals surface area contributed by atoms with E-state index in [2.05, 4.69) is 5.32 Å². The number of nitro benzene ring substituents is 1. The highest BCUT2D eigenvalue weighted by Gasteiger charge is 2.28. The topological polar surface area (TPSA) is 98.5 Å². The minimum Gasteiger partial charge on any atom is -0.459 e. The summed E-state index contributed by atoms with van der Waals surface area (Å²) in [5.74, 6) is -0.791. The number of amides is 1. The normalized spacial score (nSPS) is 13.0. The van der Waals surface area contributed by atoms with Crippen molar-refractivity contribution in [3.8, 4) is 0 Å². The largest absolute Gasteiger partial charge is 0.459 e. The van der Waals surface area contributed by atoms with Crippen LogP contribution in [0.25, 0.3) is 6.08 Å². The minimum absolute atomic E-state index is 0.0111. The Morgan fingerprint density at radius 1 is 1.25 bits per heavy atom. The molecule has 1 aromatic carbocycles. The van der Waals surface area contributed by atoms with Gasteiger partial charge >= 0.3 is 5.97 Å². The summed E-state index contributed by atoms with van der Waals surface area (Å²) in [5.41, 5.74) is 2.09. The van der Waals surface area contributed by atoms with Gasteiger partial charge < -0.3 is 10.1 Å². The maximum Gasteiger partial charge on any atom is 0.341 e. The summed E-state index contributed by atoms with van der Waals surface area (Å²) >= 11 is 1.42. The molecule has 0 spiro atoms. The van der Waals surface area contributed by atoms with Crippen LogP contribution in [-0.4, -0.2) is 22.9 Å². The Balaban J connectivity index is 1.75. The molecule has 0 saturated carbocycles. The molecule has 0 unspecified atom stereocenters. The second-order valence-corrected chi connectivity index (χ2v) is 7.79. The van der Waals surface area contributed by atoms with E-state index in [4.69, 9.17) is 4.74 Å². The van der Waals surface area contributed by atoms with Crippen LogP contribution >= 0.6 is 11.3 Å². The molecule has 0 saturated heterocycles. The van der Waals surface area contributed by atoms with Crippen molar-refractivity contribution < 1.29 is 19.2 Å². The first-order chi connectivity index (χ1) is 13.3. The van der Waals surface area contributed by atoms with E-state index < -0.39 is 10.9 Å². The summed E-state index contributed by atoms with van der Waals surface area (Å²) in [5, 5.41) is 14.0. The maximum atomic E-state index is 12.5. The van der Waals surface area contributed by atoms with Gasteiger partial charge in [0, 0.05) is 23.1 Å². The van der Waals surface area contributed by atoms with Crippen molar-refractivity contribution in [3.63, 3.8) is 0 Å². The van der Waals surface area contributed by atoms with E-state index in [-0.39, 0.29) is 17.7 Å². The smallest absolute Gasteiger partial charge is 0.341 e. The van der Waals surface area contributed by atoms with Crippen LogP contribution in [0.4, 0.5) is 10.7 Å². The van der Waals surface area contributed by atoms with Gasteiger partial charge in [0.1, 0.15) is 5.00 Å². The number of nitrogens with zero attached hydrogens (tertiary/aromatic N) is 1. The zero-order valence-electron chi connectivity index (χ0n) is 15.6. The SMILES string of the molecule is CC(C)OC(=O)c1c(NC(=O)C=Cc2ccc([N+](=O)[O-])cc2)sc2c1CCC2. The number of thiophene rings is 1. The van der Waals surface area contributed by atoms with Gasteiger partial charge in [0.15, 0.2) is 0 Å². The lowest BCUT2D eigenvalue weighted by molar-refractivity contribution is -0.384. The van der Waals surface area contributed by atoms with Crippen molar-refractivity contribution in [3.05, 3.63) is 62.0 Å². The van der Waals surface area contributed by atoms with Gasteiger partial charge in [-0.05, 0) is 62.4 Å². The predicted molar refractivity (Wildman–Crippen MR) is 108 cm³/mol. The lowest BCUT2D eigenvalue weighted by Gasteiger charge is -2.10. The van der Waals surface area contributed by atoms with Crippen LogP contribution in [0.15, 0.2) is 30.3 Å². The number of hydrogen-bond acceptors (Lipinski definition) is 6. The second-order valence-electron chi connectivity index (χ2n) is 6.69. The third-order valence-electron chi connectivity index (χ3n) is 4.24. The van der Waals surface area contributed by atoms with Crippen molar-refractivity contribution in [1.82, 2.24) is 0 Å². The highest BCUT2D eigenvalue weighted by Crippen LogP contribution is 2.39. The molecule has 1 aliphatic rings. The molecule has 8 heteroatoms. The molecule has 2 aromatic rings. The lowest BCUT2D eigenvalue weighted by Crippen LogP contribution is -2.16. The number of carbonyl (C=O) groups excluding carboxylic acids is 2. The number of nitrogens with one attached hydrogen (secondary N) is 1. The Bertz CT molecular complexity index is 944. The highest BCUT2D eigenvalue weighted by atomic mass is 32.1. The molecule has 1 amide bonds.